The van der Waals surface area contributed by atoms with E-state index in [2.05, 4.69) is 33.3 Å². The fourth-order valence-electron chi connectivity index (χ4n) is 3.33. The molecule has 21 heavy (non-hydrogen) atoms. The van der Waals surface area contributed by atoms with Crippen LogP contribution in [-0.2, 0) is 16.0 Å². The second kappa shape index (κ2) is 7.72. The summed E-state index contributed by atoms with van der Waals surface area (Å²) in [6.07, 6.45) is 6.49. The lowest BCUT2D eigenvalue weighted by atomic mass is 9.89. The first kappa shape index (κ1) is 16.9. The van der Waals surface area contributed by atoms with Gasteiger partial charge in [-0.1, -0.05) is 19.8 Å². The molecular weight excluding hydrogens is 334 g/mol. The molecule has 1 fully saturated rings. The van der Waals surface area contributed by atoms with Crippen LogP contribution in [0.5, 0.6) is 0 Å². The third-order valence-electron chi connectivity index (χ3n) is 4.40. The summed E-state index contributed by atoms with van der Waals surface area (Å²) in [7, 11) is 3.55. The highest BCUT2D eigenvalue weighted by atomic mass is 79.9. The number of aromatic nitrogens is 2. The van der Waals surface area contributed by atoms with Crippen LogP contribution in [0.25, 0.3) is 0 Å². The minimum Gasteiger partial charge on any atom is -0.383 e. The maximum absolute atomic E-state index is 6.00. The molecular formula is C15H26BrN3O2. The van der Waals surface area contributed by atoms with Crippen molar-refractivity contribution < 1.29 is 9.47 Å². The summed E-state index contributed by atoms with van der Waals surface area (Å²) in [5, 5.41) is 8.11. The SMILES string of the molecule is CCNC(c1c(Br)cnn1CCOC)C1(OC)CCCC1. The van der Waals surface area contributed by atoms with Gasteiger partial charge in [0.1, 0.15) is 0 Å². The molecule has 0 aromatic carbocycles. The van der Waals surface area contributed by atoms with Gasteiger partial charge in [-0.15, -0.1) is 0 Å². The predicted octanol–water partition coefficient (Wildman–Crippen LogP) is 2.90. The molecule has 1 aromatic heterocycles. The van der Waals surface area contributed by atoms with Crippen molar-refractivity contribution in [2.45, 2.75) is 50.8 Å². The van der Waals surface area contributed by atoms with E-state index >= 15 is 0 Å². The number of hydrogen-bond acceptors (Lipinski definition) is 4. The number of likely N-dealkylation sites (N-methyl/N-ethyl adjacent to an activating group) is 1. The van der Waals surface area contributed by atoms with Gasteiger partial charge >= 0.3 is 0 Å². The molecule has 0 aliphatic heterocycles. The molecule has 1 aromatic rings. The van der Waals surface area contributed by atoms with Crippen LogP contribution < -0.4 is 5.32 Å². The Kier molecular flexibility index (Phi) is 6.22. The normalized spacial score (nSPS) is 19.0. The van der Waals surface area contributed by atoms with E-state index in [0.29, 0.717) is 6.61 Å². The van der Waals surface area contributed by atoms with E-state index in [4.69, 9.17) is 9.47 Å². The second-order valence-corrected chi connectivity index (χ2v) is 6.41. The van der Waals surface area contributed by atoms with Crippen LogP contribution in [0.2, 0.25) is 0 Å². The van der Waals surface area contributed by atoms with Crippen molar-refractivity contribution in [2.75, 3.05) is 27.4 Å². The van der Waals surface area contributed by atoms with Crippen molar-refractivity contribution in [1.29, 1.82) is 0 Å². The molecule has 0 saturated heterocycles. The van der Waals surface area contributed by atoms with Crippen LogP contribution in [0.15, 0.2) is 10.7 Å². The predicted molar refractivity (Wildman–Crippen MR) is 86.4 cm³/mol. The van der Waals surface area contributed by atoms with Gasteiger partial charge in [-0.3, -0.25) is 4.68 Å². The Labute approximate surface area is 135 Å². The van der Waals surface area contributed by atoms with Crippen molar-refractivity contribution in [1.82, 2.24) is 15.1 Å². The van der Waals surface area contributed by atoms with Crippen molar-refractivity contribution >= 4 is 15.9 Å². The summed E-state index contributed by atoms with van der Waals surface area (Å²) >= 11 is 3.66. The highest BCUT2D eigenvalue weighted by Gasteiger charge is 2.44. The number of halogens is 1. The molecule has 6 heteroatoms. The minimum absolute atomic E-state index is 0.136. The molecule has 1 heterocycles. The molecule has 5 nitrogen and oxygen atoms in total. The van der Waals surface area contributed by atoms with Gasteiger partial charge in [-0.25, -0.2) is 0 Å². The largest absolute Gasteiger partial charge is 0.383 e. The average molecular weight is 360 g/mol. The van der Waals surface area contributed by atoms with E-state index in [1.807, 2.05) is 18.0 Å². The highest BCUT2D eigenvalue weighted by molar-refractivity contribution is 9.10. The van der Waals surface area contributed by atoms with Crippen LogP contribution >= 0.6 is 15.9 Å². The fraction of sp³-hybridized carbons (Fsp3) is 0.800. The molecule has 1 saturated carbocycles. The summed E-state index contributed by atoms with van der Waals surface area (Å²) in [5.41, 5.74) is 1.03. The summed E-state index contributed by atoms with van der Waals surface area (Å²) in [6, 6.07) is 0.142. The van der Waals surface area contributed by atoms with Crippen LogP contribution in [0.4, 0.5) is 0 Å². The number of nitrogens with zero attached hydrogens (tertiary/aromatic N) is 2. The lowest BCUT2D eigenvalue weighted by molar-refractivity contribution is -0.0390. The monoisotopic (exact) mass is 359 g/mol. The number of ether oxygens (including phenoxy) is 2. The van der Waals surface area contributed by atoms with Gasteiger partial charge in [0.2, 0.25) is 0 Å². The van der Waals surface area contributed by atoms with Gasteiger partial charge in [0.15, 0.2) is 0 Å². The molecule has 0 amide bonds. The summed E-state index contributed by atoms with van der Waals surface area (Å²) in [5.74, 6) is 0. The van der Waals surface area contributed by atoms with E-state index in [0.717, 1.165) is 36.1 Å². The molecule has 1 aliphatic rings. The smallest absolute Gasteiger partial charge is 0.0888 e. The molecule has 1 aliphatic carbocycles. The van der Waals surface area contributed by atoms with E-state index < -0.39 is 0 Å². The van der Waals surface area contributed by atoms with Gasteiger partial charge in [0, 0.05) is 14.2 Å². The number of rotatable bonds is 8. The Morgan fingerprint density at radius 2 is 2.14 bits per heavy atom. The van der Waals surface area contributed by atoms with Crippen molar-refractivity contribution in [2.24, 2.45) is 0 Å². The van der Waals surface area contributed by atoms with Gasteiger partial charge in [0.05, 0.1) is 41.2 Å². The van der Waals surface area contributed by atoms with Gasteiger partial charge < -0.3 is 14.8 Å². The summed E-state index contributed by atoms with van der Waals surface area (Å²) in [4.78, 5) is 0. The lowest BCUT2D eigenvalue weighted by Crippen LogP contribution is -2.45. The molecule has 1 N–H and O–H groups in total. The van der Waals surface area contributed by atoms with E-state index in [-0.39, 0.29) is 11.6 Å². The van der Waals surface area contributed by atoms with Crippen molar-refractivity contribution in [3.63, 3.8) is 0 Å². The van der Waals surface area contributed by atoms with Gasteiger partial charge in [-0.2, -0.15) is 5.10 Å². The zero-order valence-corrected chi connectivity index (χ0v) is 14.8. The first-order valence-corrected chi connectivity index (χ1v) is 8.46. The van der Waals surface area contributed by atoms with Crippen LogP contribution in [0, 0.1) is 0 Å². The molecule has 0 spiro atoms. The fourth-order valence-corrected chi connectivity index (χ4v) is 3.86. The Balaban J connectivity index is 2.35. The second-order valence-electron chi connectivity index (χ2n) is 5.56. The van der Waals surface area contributed by atoms with Gasteiger partial charge in [0.25, 0.3) is 0 Å². The first-order chi connectivity index (χ1) is 10.2. The van der Waals surface area contributed by atoms with Crippen LogP contribution in [-0.4, -0.2) is 42.8 Å². The molecule has 1 atom stereocenters. The summed E-state index contributed by atoms with van der Waals surface area (Å²) < 4.78 is 14.3. The molecule has 2 rings (SSSR count). The van der Waals surface area contributed by atoms with E-state index in [1.54, 1.807) is 7.11 Å². The lowest BCUT2D eigenvalue weighted by Gasteiger charge is -2.37. The van der Waals surface area contributed by atoms with Crippen molar-refractivity contribution in [3.8, 4) is 0 Å². The molecule has 0 radical (unpaired) electrons. The van der Waals surface area contributed by atoms with Gasteiger partial charge in [-0.05, 0) is 35.3 Å². The third kappa shape index (κ3) is 3.50. The highest BCUT2D eigenvalue weighted by Crippen LogP contribution is 2.44. The van der Waals surface area contributed by atoms with Crippen molar-refractivity contribution in [3.05, 3.63) is 16.4 Å². The Bertz CT molecular complexity index is 444. The molecule has 0 bridgehead atoms. The Morgan fingerprint density at radius 1 is 1.43 bits per heavy atom. The maximum atomic E-state index is 6.00. The number of methoxy groups -OCH3 is 2. The zero-order valence-electron chi connectivity index (χ0n) is 13.2. The quantitative estimate of drug-likeness (QED) is 0.775. The standard InChI is InChI=1S/C15H26BrN3O2/c1-4-17-14(15(21-3)7-5-6-8-15)13-12(16)11-18-19(13)9-10-20-2/h11,14,17H,4-10H2,1-3H3. The maximum Gasteiger partial charge on any atom is 0.0888 e. The Morgan fingerprint density at radius 3 is 2.71 bits per heavy atom. The average Bonchev–Trinajstić information content (AvgIpc) is 3.11. The van der Waals surface area contributed by atoms with Crippen LogP contribution in [0.3, 0.4) is 0 Å². The van der Waals surface area contributed by atoms with E-state index in [1.165, 1.54) is 12.8 Å². The summed E-state index contributed by atoms with van der Waals surface area (Å²) in [6.45, 7) is 4.44. The first-order valence-electron chi connectivity index (χ1n) is 7.67. The third-order valence-corrected chi connectivity index (χ3v) is 5.02. The zero-order chi connectivity index (χ0) is 15.3. The molecule has 120 valence electrons. The molecule has 1 unspecified atom stereocenters. The number of hydrogen-bond donors (Lipinski definition) is 1. The number of nitrogens with one attached hydrogen (secondary N) is 1. The Hall–Kier alpha value is -0.430. The van der Waals surface area contributed by atoms with Crippen LogP contribution in [0.1, 0.15) is 44.3 Å². The topological polar surface area (TPSA) is 48.3 Å². The van der Waals surface area contributed by atoms with E-state index in [9.17, 15) is 0 Å². The minimum atomic E-state index is -0.136.